The number of benzene rings is 2. The number of hydrogen-bond donors (Lipinski definition) is 0. The Bertz CT molecular complexity index is 1160. The molecular weight excluding hydrogens is 556 g/mol. The fraction of sp³-hybridized carbons (Fsp3) is 0.448. The van der Waals surface area contributed by atoms with Crippen LogP contribution < -0.4 is 4.74 Å². The second-order valence-corrected chi connectivity index (χ2v) is 12.2. The summed E-state index contributed by atoms with van der Waals surface area (Å²) in [4.78, 5) is 21.7. The summed E-state index contributed by atoms with van der Waals surface area (Å²) >= 11 is 11.5. The standard InChI is InChI=1S/C29H32BrClN2O2S/c30-22-15-16-26(35-19-20-9-7-8-14-25(20)31)21(17-22)18-27-28(34)33(24-12-5-2-6-13-24)29(36-27)32-23-10-3-1-4-11-23/h7-9,14-18,23-24H,1-6,10-13,19H2. The summed E-state index contributed by atoms with van der Waals surface area (Å²) < 4.78 is 7.12. The first kappa shape index (κ1) is 25.9. The van der Waals surface area contributed by atoms with Gasteiger partial charge in [-0.2, -0.15) is 0 Å². The van der Waals surface area contributed by atoms with Crippen molar-refractivity contribution in [3.8, 4) is 5.75 Å². The van der Waals surface area contributed by atoms with Crippen molar-refractivity contribution >= 4 is 56.4 Å². The van der Waals surface area contributed by atoms with E-state index in [2.05, 4.69) is 15.9 Å². The minimum atomic E-state index is 0.0819. The number of amides is 1. The van der Waals surface area contributed by atoms with Crippen LogP contribution in [0.4, 0.5) is 0 Å². The van der Waals surface area contributed by atoms with E-state index < -0.39 is 0 Å². The van der Waals surface area contributed by atoms with Crippen molar-refractivity contribution in [3.63, 3.8) is 0 Å². The van der Waals surface area contributed by atoms with Crippen molar-refractivity contribution in [2.45, 2.75) is 82.9 Å². The number of rotatable bonds is 6. The zero-order valence-corrected chi connectivity index (χ0v) is 23.6. The maximum atomic E-state index is 13.8. The Morgan fingerprint density at radius 3 is 2.50 bits per heavy atom. The van der Waals surface area contributed by atoms with E-state index in [1.165, 1.54) is 50.3 Å². The van der Waals surface area contributed by atoms with Crippen LogP contribution in [0.5, 0.6) is 5.75 Å². The first-order valence-electron chi connectivity index (χ1n) is 13.0. The van der Waals surface area contributed by atoms with Gasteiger partial charge in [0.05, 0.1) is 10.9 Å². The third kappa shape index (κ3) is 6.20. The van der Waals surface area contributed by atoms with Crippen LogP contribution in [-0.2, 0) is 11.4 Å². The Morgan fingerprint density at radius 1 is 1.03 bits per heavy atom. The van der Waals surface area contributed by atoms with Crippen molar-refractivity contribution in [1.29, 1.82) is 0 Å². The molecule has 0 radical (unpaired) electrons. The van der Waals surface area contributed by atoms with E-state index in [0.29, 0.717) is 17.7 Å². The molecule has 3 fully saturated rings. The third-order valence-corrected chi connectivity index (χ3v) is 9.10. The molecule has 0 bridgehead atoms. The van der Waals surface area contributed by atoms with E-state index in [1.807, 2.05) is 53.4 Å². The lowest BCUT2D eigenvalue weighted by Gasteiger charge is -2.31. The topological polar surface area (TPSA) is 41.9 Å². The number of thioether (sulfide) groups is 1. The Kier molecular flexibility index (Phi) is 8.76. The molecule has 1 aliphatic heterocycles. The van der Waals surface area contributed by atoms with Crippen LogP contribution in [-0.4, -0.2) is 28.1 Å². The maximum absolute atomic E-state index is 13.8. The summed E-state index contributed by atoms with van der Waals surface area (Å²) in [5.41, 5.74) is 1.80. The lowest BCUT2D eigenvalue weighted by molar-refractivity contribution is -0.124. The molecule has 3 aliphatic rings. The molecule has 0 N–H and O–H groups in total. The number of carbonyl (C=O) groups is 1. The monoisotopic (exact) mass is 586 g/mol. The molecule has 1 amide bonds. The molecular formula is C29H32BrClN2O2S. The number of carbonyl (C=O) groups excluding carboxylic acids is 1. The highest BCUT2D eigenvalue weighted by atomic mass is 79.9. The Labute approximate surface area is 231 Å². The van der Waals surface area contributed by atoms with E-state index in [-0.39, 0.29) is 11.9 Å². The van der Waals surface area contributed by atoms with Crippen molar-refractivity contribution in [2.24, 2.45) is 4.99 Å². The smallest absolute Gasteiger partial charge is 0.267 e. The molecule has 0 spiro atoms. The molecule has 0 atom stereocenters. The van der Waals surface area contributed by atoms with Gasteiger partial charge < -0.3 is 4.74 Å². The molecule has 1 heterocycles. The first-order chi connectivity index (χ1) is 17.6. The van der Waals surface area contributed by atoms with E-state index in [1.54, 1.807) is 0 Å². The third-order valence-electron chi connectivity index (χ3n) is 7.24. The Balaban J connectivity index is 1.43. The lowest BCUT2D eigenvalue weighted by atomic mass is 9.94. The van der Waals surface area contributed by atoms with Crippen LogP contribution in [0.15, 0.2) is 56.8 Å². The zero-order chi connectivity index (χ0) is 24.9. The molecule has 2 aromatic carbocycles. The predicted molar refractivity (Wildman–Crippen MR) is 154 cm³/mol. The van der Waals surface area contributed by atoms with Gasteiger partial charge in [-0.3, -0.25) is 14.7 Å². The number of hydrogen-bond acceptors (Lipinski definition) is 4. The lowest BCUT2D eigenvalue weighted by Crippen LogP contribution is -2.41. The molecule has 2 aromatic rings. The molecule has 0 unspecified atom stereocenters. The van der Waals surface area contributed by atoms with Crippen LogP contribution in [0.1, 0.15) is 75.3 Å². The predicted octanol–water partition coefficient (Wildman–Crippen LogP) is 8.62. The molecule has 36 heavy (non-hydrogen) atoms. The fourth-order valence-corrected chi connectivity index (χ4v) is 6.95. The molecule has 0 aromatic heterocycles. The average Bonchev–Trinajstić information content (AvgIpc) is 3.19. The van der Waals surface area contributed by atoms with Gasteiger partial charge in [-0.25, -0.2) is 0 Å². The molecule has 2 saturated carbocycles. The highest BCUT2D eigenvalue weighted by Crippen LogP contribution is 2.40. The van der Waals surface area contributed by atoms with Gasteiger partial charge in [-0.05, 0) is 67.8 Å². The van der Waals surface area contributed by atoms with Crippen molar-refractivity contribution < 1.29 is 9.53 Å². The van der Waals surface area contributed by atoms with Gasteiger partial charge in [0.15, 0.2) is 5.17 Å². The van der Waals surface area contributed by atoms with Crippen LogP contribution in [0, 0.1) is 0 Å². The van der Waals surface area contributed by atoms with Crippen LogP contribution in [0.3, 0.4) is 0 Å². The van der Waals surface area contributed by atoms with Crippen molar-refractivity contribution in [1.82, 2.24) is 4.90 Å². The van der Waals surface area contributed by atoms with Gasteiger partial charge in [0.1, 0.15) is 12.4 Å². The van der Waals surface area contributed by atoms with Crippen LogP contribution in [0.2, 0.25) is 5.02 Å². The summed E-state index contributed by atoms with van der Waals surface area (Å²) in [6.45, 7) is 0.362. The van der Waals surface area contributed by atoms with Crippen molar-refractivity contribution in [2.75, 3.05) is 0 Å². The largest absolute Gasteiger partial charge is 0.488 e. The second-order valence-electron chi connectivity index (χ2n) is 9.84. The minimum absolute atomic E-state index is 0.0819. The number of halogens is 2. The van der Waals surface area contributed by atoms with Gasteiger partial charge in [0, 0.05) is 26.7 Å². The number of amidine groups is 1. The minimum Gasteiger partial charge on any atom is -0.488 e. The fourth-order valence-electron chi connectivity index (χ4n) is 5.28. The highest BCUT2D eigenvalue weighted by Gasteiger charge is 2.39. The summed E-state index contributed by atoms with van der Waals surface area (Å²) in [7, 11) is 0. The number of aliphatic imine (C=N–C) groups is 1. The van der Waals surface area contributed by atoms with E-state index in [4.69, 9.17) is 21.3 Å². The summed E-state index contributed by atoms with van der Waals surface area (Å²) in [5.74, 6) is 0.805. The molecule has 7 heteroatoms. The molecule has 190 valence electrons. The van der Waals surface area contributed by atoms with Crippen LogP contribution >= 0.6 is 39.3 Å². The SMILES string of the molecule is O=C1C(=Cc2cc(Br)ccc2OCc2ccccc2Cl)SC(=NC2CCCCC2)N1C1CCCCC1. The number of nitrogens with zero attached hydrogens (tertiary/aromatic N) is 2. The van der Waals surface area contributed by atoms with E-state index in [9.17, 15) is 4.79 Å². The quantitative estimate of drug-likeness (QED) is 0.318. The molecule has 5 rings (SSSR count). The maximum Gasteiger partial charge on any atom is 0.267 e. The highest BCUT2D eigenvalue weighted by molar-refractivity contribution is 9.10. The Hall–Kier alpha value is -1.76. The molecule has 1 saturated heterocycles. The zero-order valence-electron chi connectivity index (χ0n) is 20.4. The molecule has 4 nitrogen and oxygen atoms in total. The van der Waals surface area contributed by atoms with Gasteiger partial charge >= 0.3 is 0 Å². The second kappa shape index (κ2) is 12.2. The van der Waals surface area contributed by atoms with Gasteiger partial charge in [0.2, 0.25) is 0 Å². The summed E-state index contributed by atoms with van der Waals surface area (Å²) in [5, 5.41) is 1.58. The van der Waals surface area contributed by atoms with E-state index in [0.717, 1.165) is 57.1 Å². The average molecular weight is 588 g/mol. The van der Waals surface area contributed by atoms with Gasteiger partial charge in [-0.15, -0.1) is 0 Å². The van der Waals surface area contributed by atoms with E-state index >= 15 is 0 Å². The van der Waals surface area contributed by atoms with Crippen molar-refractivity contribution in [3.05, 3.63) is 68.0 Å². The molecule has 2 aliphatic carbocycles. The number of ether oxygens (including phenoxy) is 1. The Morgan fingerprint density at radius 2 is 1.75 bits per heavy atom. The van der Waals surface area contributed by atoms with Gasteiger partial charge in [0.25, 0.3) is 5.91 Å². The normalized spacial score (nSPS) is 22.1. The van der Waals surface area contributed by atoms with Crippen LogP contribution in [0.25, 0.3) is 6.08 Å². The van der Waals surface area contributed by atoms with Gasteiger partial charge in [-0.1, -0.05) is 84.3 Å². The first-order valence-corrected chi connectivity index (χ1v) is 15.0. The summed E-state index contributed by atoms with van der Waals surface area (Å²) in [6, 6.07) is 14.2. The summed E-state index contributed by atoms with van der Waals surface area (Å²) in [6.07, 6.45) is 13.7.